The largest absolute Gasteiger partial charge is 0.467 e. The number of rotatable bonds is 5. The standard InChI is InChI=1S/C15H21NO2/c1-11-4-8-13(9-5-11)16-15(2,14(17)18-3)10-12-6-7-12/h4-5,8-9,12,16H,6-7,10H2,1-3H3. The molecule has 0 aromatic heterocycles. The summed E-state index contributed by atoms with van der Waals surface area (Å²) in [6, 6.07) is 8.08. The Morgan fingerprint density at radius 3 is 2.50 bits per heavy atom. The molecule has 1 aromatic rings. The Bertz CT molecular complexity index is 423. The van der Waals surface area contributed by atoms with Gasteiger partial charge in [-0.15, -0.1) is 0 Å². The number of ether oxygens (including phenoxy) is 1. The quantitative estimate of drug-likeness (QED) is 0.812. The number of carbonyl (C=O) groups excluding carboxylic acids is 1. The van der Waals surface area contributed by atoms with Gasteiger partial charge in [0.05, 0.1) is 7.11 Å². The first-order valence-corrected chi connectivity index (χ1v) is 6.47. The van der Waals surface area contributed by atoms with E-state index in [0.29, 0.717) is 5.92 Å². The number of carbonyl (C=O) groups is 1. The van der Waals surface area contributed by atoms with E-state index >= 15 is 0 Å². The van der Waals surface area contributed by atoms with Crippen LogP contribution in [0, 0.1) is 12.8 Å². The highest BCUT2D eigenvalue weighted by Gasteiger charge is 2.40. The first-order chi connectivity index (χ1) is 8.53. The lowest BCUT2D eigenvalue weighted by atomic mass is 9.94. The van der Waals surface area contributed by atoms with Crippen molar-refractivity contribution in [2.45, 2.75) is 38.6 Å². The van der Waals surface area contributed by atoms with E-state index in [1.54, 1.807) is 0 Å². The van der Waals surface area contributed by atoms with Crippen LogP contribution in [0.4, 0.5) is 5.69 Å². The summed E-state index contributed by atoms with van der Waals surface area (Å²) >= 11 is 0. The molecule has 3 heteroatoms. The smallest absolute Gasteiger partial charge is 0.331 e. The first-order valence-electron chi connectivity index (χ1n) is 6.47. The fourth-order valence-electron chi connectivity index (χ4n) is 2.27. The number of hydrogen-bond acceptors (Lipinski definition) is 3. The van der Waals surface area contributed by atoms with Gasteiger partial charge in [-0.1, -0.05) is 30.5 Å². The van der Waals surface area contributed by atoms with Gasteiger partial charge in [0.2, 0.25) is 0 Å². The summed E-state index contributed by atoms with van der Waals surface area (Å²) in [6.07, 6.45) is 3.29. The fourth-order valence-corrected chi connectivity index (χ4v) is 2.27. The topological polar surface area (TPSA) is 38.3 Å². The van der Waals surface area contributed by atoms with Crippen molar-refractivity contribution < 1.29 is 9.53 Å². The zero-order valence-electron chi connectivity index (χ0n) is 11.3. The molecule has 1 fully saturated rings. The maximum absolute atomic E-state index is 12.0. The molecule has 1 saturated carbocycles. The minimum Gasteiger partial charge on any atom is -0.467 e. The number of hydrogen-bond donors (Lipinski definition) is 1. The van der Waals surface area contributed by atoms with Crippen molar-refractivity contribution in [2.75, 3.05) is 12.4 Å². The van der Waals surface area contributed by atoms with Crippen molar-refractivity contribution in [3.05, 3.63) is 29.8 Å². The molecule has 0 amide bonds. The van der Waals surface area contributed by atoms with Gasteiger partial charge >= 0.3 is 5.97 Å². The monoisotopic (exact) mass is 247 g/mol. The van der Waals surface area contributed by atoms with Gasteiger partial charge in [-0.2, -0.15) is 0 Å². The van der Waals surface area contributed by atoms with E-state index < -0.39 is 5.54 Å². The minimum absolute atomic E-state index is 0.185. The van der Waals surface area contributed by atoms with Crippen molar-refractivity contribution >= 4 is 11.7 Å². The first kappa shape index (κ1) is 12.9. The number of esters is 1. The molecular weight excluding hydrogens is 226 g/mol. The lowest BCUT2D eigenvalue weighted by Crippen LogP contribution is -2.44. The van der Waals surface area contributed by atoms with Gasteiger partial charge in [0.15, 0.2) is 0 Å². The van der Waals surface area contributed by atoms with Crippen molar-refractivity contribution in [1.82, 2.24) is 0 Å². The zero-order chi connectivity index (χ0) is 13.2. The van der Waals surface area contributed by atoms with Crippen LogP contribution in [0.25, 0.3) is 0 Å². The molecule has 3 nitrogen and oxygen atoms in total. The Hall–Kier alpha value is -1.51. The van der Waals surface area contributed by atoms with E-state index in [2.05, 4.69) is 5.32 Å². The maximum Gasteiger partial charge on any atom is 0.331 e. The second-order valence-electron chi connectivity index (χ2n) is 5.46. The fraction of sp³-hybridized carbons (Fsp3) is 0.533. The van der Waals surface area contributed by atoms with Gasteiger partial charge in [0.25, 0.3) is 0 Å². The van der Waals surface area contributed by atoms with Crippen LogP contribution < -0.4 is 5.32 Å². The van der Waals surface area contributed by atoms with Gasteiger partial charge in [-0.05, 0) is 38.3 Å². The SMILES string of the molecule is COC(=O)C(C)(CC1CC1)Nc1ccc(C)cc1. The third-order valence-corrected chi connectivity index (χ3v) is 3.50. The molecule has 0 saturated heterocycles. The molecule has 2 rings (SSSR count). The maximum atomic E-state index is 12.0. The molecule has 0 spiro atoms. The number of nitrogens with one attached hydrogen (secondary N) is 1. The van der Waals surface area contributed by atoms with Crippen LogP contribution in [0.2, 0.25) is 0 Å². The Morgan fingerprint density at radius 2 is 2.00 bits per heavy atom. The average molecular weight is 247 g/mol. The van der Waals surface area contributed by atoms with Crippen LogP contribution in [-0.2, 0) is 9.53 Å². The third-order valence-electron chi connectivity index (χ3n) is 3.50. The van der Waals surface area contributed by atoms with E-state index in [4.69, 9.17) is 4.74 Å². The van der Waals surface area contributed by atoms with Gasteiger partial charge in [-0.3, -0.25) is 0 Å². The number of aryl methyl sites for hydroxylation is 1. The summed E-state index contributed by atoms with van der Waals surface area (Å²) in [6.45, 7) is 3.98. The highest BCUT2D eigenvalue weighted by molar-refractivity contribution is 5.84. The summed E-state index contributed by atoms with van der Waals surface area (Å²) in [5, 5.41) is 3.33. The lowest BCUT2D eigenvalue weighted by Gasteiger charge is -2.29. The normalized spacial score (nSPS) is 17.9. The van der Waals surface area contributed by atoms with E-state index in [9.17, 15) is 4.79 Å². The lowest BCUT2D eigenvalue weighted by molar-refractivity contribution is -0.145. The molecule has 1 N–H and O–H groups in total. The summed E-state index contributed by atoms with van der Waals surface area (Å²) in [7, 11) is 1.45. The van der Waals surface area contributed by atoms with E-state index in [1.165, 1.54) is 25.5 Å². The second kappa shape index (κ2) is 5.01. The third kappa shape index (κ3) is 3.03. The molecule has 0 aliphatic heterocycles. The predicted octanol–water partition coefficient (Wildman–Crippen LogP) is 3.14. The van der Waals surface area contributed by atoms with Crippen molar-refractivity contribution in [1.29, 1.82) is 0 Å². The number of benzene rings is 1. The summed E-state index contributed by atoms with van der Waals surface area (Å²) in [4.78, 5) is 12.0. The summed E-state index contributed by atoms with van der Waals surface area (Å²) in [5.41, 5.74) is 1.56. The molecule has 18 heavy (non-hydrogen) atoms. The van der Waals surface area contributed by atoms with Crippen LogP contribution in [-0.4, -0.2) is 18.6 Å². The van der Waals surface area contributed by atoms with Crippen LogP contribution in [0.5, 0.6) is 0 Å². The Balaban J connectivity index is 2.13. The van der Waals surface area contributed by atoms with Crippen molar-refractivity contribution in [2.24, 2.45) is 5.92 Å². The van der Waals surface area contributed by atoms with Crippen LogP contribution in [0.3, 0.4) is 0 Å². The van der Waals surface area contributed by atoms with Gasteiger partial charge in [0, 0.05) is 5.69 Å². The molecular formula is C15H21NO2. The number of methoxy groups -OCH3 is 1. The Labute approximate surface area is 109 Å². The van der Waals surface area contributed by atoms with Crippen LogP contribution >= 0.6 is 0 Å². The Kier molecular flexibility index (Phi) is 3.60. The molecule has 1 atom stereocenters. The second-order valence-corrected chi connectivity index (χ2v) is 5.46. The van der Waals surface area contributed by atoms with Crippen molar-refractivity contribution in [3.8, 4) is 0 Å². The van der Waals surface area contributed by atoms with Crippen LogP contribution in [0.15, 0.2) is 24.3 Å². The van der Waals surface area contributed by atoms with Gasteiger partial charge < -0.3 is 10.1 Å². The molecule has 1 aliphatic rings. The van der Waals surface area contributed by atoms with Gasteiger partial charge in [0.1, 0.15) is 5.54 Å². The zero-order valence-corrected chi connectivity index (χ0v) is 11.3. The minimum atomic E-state index is -0.620. The molecule has 98 valence electrons. The average Bonchev–Trinajstić information content (AvgIpc) is 3.14. The Morgan fingerprint density at radius 1 is 1.39 bits per heavy atom. The summed E-state index contributed by atoms with van der Waals surface area (Å²) < 4.78 is 4.94. The predicted molar refractivity (Wildman–Crippen MR) is 72.6 cm³/mol. The highest BCUT2D eigenvalue weighted by Crippen LogP contribution is 2.38. The van der Waals surface area contributed by atoms with E-state index in [0.717, 1.165) is 12.1 Å². The van der Waals surface area contributed by atoms with Crippen molar-refractivity contribution in [3.63, 3.8) is 0 Å². The van der Waals surface area contributed by atoms with Crippen LogP contribution in [0.1, 0.15) is 31.7 Å². The molecule has 1 aliphatic carbocycles. The molecule has 1 aromatic carbocycles. The highest BCUT2D eigenvalue weighted by atomic mass is 16.5. The number of anilines is 1. The molecule has 0 radical (unpaired) electrons. The summed E-state index contributed by atoms with van der Waals surface area (Å²) in [5.74, 6) is 0.474. The van der Waals surface area contributed by atoms with E-state index in [-0.39, 0.29) is 5.97 Å². The van der Waals surface area contributed by atoms with Gasteiger partial charge in [-0.25, -0.2) is 4.79 Å². The molecule has 0 bridgehead atoms. The molecule has 0 heterocycles. The van der Waals surface area contributed by atoms with E-state index in [1.807, 2.05) is 38.1 Å². The molecule has 1 unspecified atom stereocenters.